The van der Waals surface area contributed by atoms with Crippen LogP contribution in [0.15, 0.2) is 22.7 Å². The van der Waals surface area contributed by atoms with Gasteiger partial charge in [0, 0.05) is 28.8 Å². The first kappa shape index (κ1) is 12.6. The zero-order chi connectivity index (χ0) is 12.4. The smallest absolute Gasteiger partial charge is 0.160 e. The van der Waals surface area contributed by atoms with Crippen LogP contribution in [0.5, 0.6) is 0 Å². The molecule has 1 aliphatic carbocycles. The zero-order valence-electron chi connectivity index (χ0n) is 10.4. The van der Waals surface area contributed by atoms with E-state index in [2.05, 4.69) is 33.9 Å². The van der Waals surface area contributed by atoms with Gasteiger partial charge in [-0.05, 0) is 53.9 Å². The molecule has 1 aromatic carbocycles. The number of Topliss-reactive ketones (excluding diaryl/α,β-unsaturated/α-hetero) is 1. The molecule has 1 aliphatic rings. The molecule has 2 rings (SSSR count). The van der Waals surface area contributed by atoms with Gasteiger partial charge in [0.05, 0.1) is 0 Å². The number of carbonyl (C=O) groups is 1. The highest BCUT2D eigenvalue weighted by Gasteiger charge is 2.20. The lowest BCUT2D eigenvalue weighted by atomic mass is 10.1. The van der Waals surface area contributed by atoms with Crippen LogP contribution in [0.2, 0.25) is 0 Å². The van der Waals surface area contributed by atoms with Gasteiger partial charge < -0.3 is 4.90 Å². The Labute approximate surface area is 111 Å². The van der Waals surface area contributed by atoms with Crippen LogP contribution < -0.4 is 4.90 Å². The number of hydrogen-bond donors (Lipinski definition) is 0. The van der Waals surface area contributed by atoms with E-state index in [0.717, 1.165) is 10.0 Å². The number of anilines is 1. The average molecular weight is 296 g/mol. The number of nitrogens with zero attached hydrogens (tertiary/aromatic N) is 1. The van der Waals surface area contributed by atoms with E-state index in [-0.39, 0.29) is 5.78 Å². The van der Waals surface area contributed by atoms with E-state index < -0.39 is 0 Å². The normalized spacial score (nSPS) is 16.2. The Morgan fingerprint density at radius 3 is 2.53 bits per heavy atom. The van der Waals surface area contributed by atoms with Crippen LogP contribution in [0.3, 0.4) is 0 Å². The van der Waals surface area contributed by atoms with E-state index in [1.54, 1.807) is 6.92 Å². The third-order valence-electron chi connectivity index (χ3n) is 3.61. The third-order valence-corrected chi connectivity index (χ3v) is 4.27. The second-order valence-corrected chi connectivity index (χ2v) is 5.62. The largest absolute Gasteiger partial charge is 0.372 e. The fraction of sp³-hybridized carbons (Fsp3) is 0.500. The number of halogens is 1. The highest BCUT2D eigenvalue weighted by atomic mass is 79.9. The van der Waals surface area contributed by atoms with Gasteiger partial charge in [0.15, 0.2) is 5.78 Å². The molecule has 0 atom stereocenters. The summed E-state index contributed by atoms with van der Waals surface area (Å²) in [6.45, 7) is 1.60. The Balaban J connectivity index is 2.21. The molecular weight excluding hydrogens is 278 g/mol. The van der Waals surface area contributed by atoms with Crippen molar-refractivity contribution in [3.05, 3.63) is 28.2 Å². The van der Waals surface area contributed by atoms with Gasteiger partial charge in [0.25, 0.3) is 0 Å². The summed E-state index contributed by atoms with van der Waals surface area (Å²) in [7, 11) is 2.14. The van der Waals surface area contributed by atoms with Gasteiger partial charge in [-0.1, -0.05) is 12.8 Å². The molecule has 0 aromatic heterocycles. The Morgan fingerprint density at radius 1 is 1.35 bits per heavy atom. The first-order chi connectivity index (χ1) is 8.09. The number of carbonyl (C=O) groups excluding carboxylic acids is 1. The van der Waals surface area contributed by atoms with Crippen molar-refractivity contribution in [3.8, 4) is 0 Å². The molecule has 0 unspecified atom stereocenters. The minimum atomic E-state index is 0.104. The van der Waals surface area contributed by atoms with Gasteiger partial charge in [0.2, 0.25) is 0 Å². The molecule has 1 fully saturated rings. The molecular formula is C14H18BrNO. The molecule has 0 N–H and O–H groups in total. The summed E-state index contributed by atoms with van der Waals surface area (Å²) in [5.74, 6) is 0.104. The molecule has 1 saturated carbocycles. The molecule has 0 amide bonds. The Morgan fingerprint density at radius 2 is 2.00 bits per heavy atom. The molecule has 0 spiro atoms. The van der Waals surface area contributed by atoms with Crippen molar-refractivity contribution in [1.82, 2.24) is 0 Å². The molecule has 1 aromatic rings. The fourth-order valence-electron chi connectivity index (χ4n) is 2.51. The molecule has 0 bridgehead atoms. The second-order valence-electron chi connectivity index (χ2n) is 4.77. The lowest BCUT2D eigenvalue weighted by Crippen LogP contribution is -2.28. The highest BCUT2D eigenvalue weighted by Crippen LogP contribution is 2.29. The molecule has 0 radical (unpaired) electrons. The van der Waals surface area contributed by atoms with Crippen molar-refractivity contribution in [2.24, 2.45) is 0 Å². The number of benzene rings is 1. The zero-order valence-corrected chi connectivity index (χ0v) is 12.0. The van der Waals surface area contributed by atoms with Crippen molar-refractivity contribution < 1.29 is 4.79 Å². The SMILES string of the molecule is CC(=O)c1ccc(N(C)C2CCCC2)cc1Br. The first-order valence-corrected chi connectivity index (χ1v) is 6.92. The lowest BCUT2D eigenvalue weighted by molar-refractivity contribution is 0.101. The summed E-state index contributed by atoms with van der Waals surface area (Å²) >= 11 is 3.48. The van der Waals surface area contributed by atoms with E-state index in [1.807, 2.05) is 12.1 Å². The predicted molar refractivity (Wildman–Crippen MR) is 74.8 cm³/mol. The summed E-state index contributed by atoms with van der Waals surface area (Å²) in [6.07, 6.45) is 5.23. The standard InChI is InChI=1S/C14H18BrNO/c1-10(17)13-8-7-12(9-14(13)15)16(2)11-5-3-4-6-11/h7-9,11H,3-6H2,1-2H3. The number of hydrogen-bond acceptors (Lipinski definition) is 2. The molecule has 0 heterocycles. The third kappa shape index (κ3) is 2.71. The van der Waals surface area contributed by atoms with Crippen molar-refractivity contribution in [3.63, 3.8) is 0 Å². The maximum Gasteiger partial charge on any atom is 0.160 e. The van der Waals surface area contributed by atoms with Gasteiger partial charge in [-0.25, -0.2) is 0 Å². The van der Waals surface area contributed by atoms with Gasteiger partial charge in [0.1, 0.15) is 0 Å². The van der Waals surface area contributed by atoms with E-state index in [4.69, 9.17) is 0 Å². The molecule has 2 nitrogen and oxygen atoms in total. The Bertz CT molecular complexity index is 424. The monoisotopic (exact) mass is 295 g/mol. The van der Waals surface area contributed by atoms with Gasteiger partial charge in [-0.15, -0.1) is 0 Å². The molecule has 3 heteroatoms. The predicted octanol–water partition coefficient (Wildman–Crippen LogP) is 4.03. The summed E-state index contributed by atoms with van der Waals surface area (Å²) < 4.78 is 0.896. The van der Waals surface area contributed by atoms with E-state index in [9.17, 15) is 4.79 Å². The molecule has 17 heavy (non-hydrogen) atoms. The quantitative estimate of drug-likeness (QED) is 0.785. The first-order valence-electron chi connectivity index (χ1n) is 6.13. The Kier molecular flexibility index (Phi) is 3.87. The minimum absolute atomic E-state index is 0.104. The van der Waals surface area contributed by atoms with Crippen molar-refractivity contribution in [2.45, 2.75) is 38.6 Å². The fourth-order valence-corrected chi connectivity index (χ4v) is 3.16. The van der Waals surface area contributed by atoms with Crippen LogP contribution in [0.4, 0.5) is 5.69 Å². The molecule has 92 valence electrons. The number of ketones is 1. The summed E-state index contributed by atoms with van der Waals surface area (Å²) in [4.78, 5) is 13.7. The lowest BCUT2D eigenvalue weighted by Gasteiger charge is -2.27. The highest BCUT2D eigenvalue weighted by molar-refractivity contribution is 9.10. The van der Waals surface area contributed by atoms with Crippen LogP contribution in [-0.2, 0) is 0 Å². The molecule has 0 aliphatic heterocycles. The summed E-state index contributed by atoms with van der Waals surface area (Å²) in [6, 6.07) is 6.66. The maximum atomic E-state index is 11.4. The summed E-state index contributed by atoms with van der Waals surface area (Å²) in [5, 5.41) is 0. The van der Waals surface area contributed by atoms with Crippen LogP contribution in [0, 0.1) is 0 Å². The van der Waals surface area contributed by atoms with E-state index in [0.29, 0.717) is 6.04 Å². The van der Waals surface area contributed by atoms with Gasteiger partial charge >= 0.3 is 0 Å². The Hall–Kier alpha value is -0.830. The maximum absolute atomic E-state index is 11.4. The van der Waals surface area contributed by atoms with Crippen molar-refractivity contribution >= 4 is 27.4 Å². The summed E-state index contributed by atoms with van der Waals surface area (Å²) in [5.41, 5.74) is 1.95. The topological polar surface area (TPSA) is 20.3 Å². The van der Waals surface area contributed by atoms with Crippen LogP contribution in [0.25, 0.3) is 0 Å². The van der Waals surface area contributed by atoms with Crippen LogP contribution >= 0.6 is 15.9 Å². The molecule has 0 saturated heterocycles. The van der Waals surface area contributed by atoms with Crippen molar-refractivity contribution in [1.29, 1.82) is 0 Å². The average Bonchev–Trinajstić information content (AvgIpc) is 2.80. The minimum Gasteiger partial charge on any atom is -0.372 e. The van der Waals surface area contributed by atoms with Crippen LogP contribution in [-0.4, -0.2) is 18.9 Å². The van der Waals surface area contributed by atoms with E-state index >= 15 is 0 Å². The van der Waals surface area contributed by atoms with E-state index in [1.165, 1.54) is 31.4 Å². The number of rotatable bonds is 3. The van der Waals surface area contributed by atoms with Gasteiger partial charge in [-0.3, -0.25) is 4.79 Å². The second kappa shape index (κ2) is 5.21. The van der Waals surface area contributed by atoms with Crippen LogP contribution in [0.1, 0.15) is 43.0 Å². The van der Waals surface area contributed by atoms with Crippen molar-refractivity contribution in [2.75, 3.05) is 11.9 Å². The van der Waals surface area contributed by atoms with Gasteiger partial charge in [-0.2, -0.15) is 0 Å².